The Labute approximate surface area is 106 Å². The molecule has 0 radical (unpaired) electrons. The molecular formula is C13H18N4O. The maximum Gasteiger partial charge on any atom is 0.225 e. The first-order valence-electron chi connectivity index (χ1n) is 7.02. The third-order valence-corrected chi connectivity index (χ3v) is 4.30. The summed E-state index contributed by atoms with van der Waals surface area (Å²) in [5.41, 5.74) is 1.14. The fraction of sp³-hybridized carbons (Fsp3) is 0.769. The number of nitrogens with zero attached hydrogens (tertiary/aromatic N) is 4. The zero-order valence-electron chi connectivity index (χ0n) is 10.5. The third kappa shape index (κ3) is 1.82. The minimum atomic E-state index is 0.335. The molecule has 1 saturated heterocycles. The van der Waals surface area contributed by atoms with Gasteiger partial charge in [-0.25, -0.2) is 4.68 Å². The molecule has 1 unspecified atom stereocenters. The van der Waals surface area contributed by atoms with Crippen molar-refractivity contribution in [1.29, 1.82) is 0 Å². The Morgan fingerprint density at radius 3 is 2.78 bits per heavy atom. The van der Waals surface area contributed by atoms with Gasteiger partial charge < -0.3 is 4.90 Å². The van der Waals surface area contributed by atoms with E-state index in [0.717, 1.165) is 38.0 Å². The molecule has 1 amide bonds. The summed E-state index contributed by atoms with van der Waals surface area (Å²) < 4.78 is 1.98. The molecule has 1 aliphatic heterocycles. The lowest BCUT2D eigenvalue weighted by Crippen LogP contribution is -2.30. The van der Waals surface area contributed by atoms with E-state index in [-0.39, 0.29) is 0 Å². The predicted octanol–water partition coefficient (Wildman–Crippen LogP) is 1.34. The van der Waals surface area contributed by atoms with Gasteiger partial charge in [0.25, 0.3) is 0 Å². The maximum atomic E-state index is 12.0. The molecule has 2 heterocycles. The molecule has 96 valence electrons. The van der Waals surface area contributed by atoms with E-state index >= 15 is 0 Å². The lowest BCUT2D eigenvalue weighted by Gasteiger charge is -2.15. The van der Waals surface area contributed by atoms with Crippen LogP contribution in [0.1, 0.15) is 49.8 Å². The lowest BCUT2D eigenvalue weighted by atomic mass is 10.2. The Morgan fingerprint density at radius 1 is 1.22 bits per heavy atom. The van der Waals surface area contributed by atoms with Crippen molar-refractivity contribution in [2.24, 2.45) is 5.92 Å². The molecule has 3 aliphatic rings. The molecule has 0 spiro atoms. The van der Waals surface area contributed by atoms with Crippen molar-refractivity contribution >= 4 is 5.91 Å². The van der Waals surface area contributed by atoms with Gasteiger partial charge >= 0.3 is 0 Å². The Kier molecular flexibility index (Phi) is 2.22. The largest absolute Gasteiger partial charge is 0.340 e. The molecule has 1 atom stereocenters. The highest BCUT2D eigenvalue weighted by molar-refractivity contribution is 5.81. The van der Waals surface area contributed by atoms with Crippen molar-refractivity contribution < 1.29 is 4.79 Å². The molecular weight excluding hydrogens is 228 g/mol. The molecule has 0 N–H and O–H groups in total. The molecule has 5 nitrogen and oxygen atoms in total. The number of rotatable bonds is 3. The SMILES string of the molecule is O=C(C1CC1)N1CCC(n2cc(C3CC3)nn2)C1. The zero-order chi connectivity index (χ0) is 12.1. The average molecular weight is 246 g/mol. The molecule has 0 bridgehead atoms. The second-order valence-corrected chi connectivity index (χ2v) is 5.90. The highest BCUT2D eigenvalue weighted by Gasteiger charge is 2.37. The first kappa shape index (κ1) is 10.5. The van der Waals surface area contributed by atoms with Gasteiger partial charge in [-0.15, -0.1) is 5.10 Å². The van der Waals surface area contributed by atoms with Gasteiger partial charge in [-0.1, -0.05) is 5.21 Å². The molecule has 2 saturated carbocycles. The predicted molar refractivity (Wildman–Crippen MR) is 65.0 cm³/mol. The Balaban J connectivity index is 1.43. The van der Waals surface area contributed by atoms with Crippen molar-refractivity contribution in [3.05, 3.63) is 11.9 Å². The van der Waals surface area contributed by atoms with Gasteiger partial charge in [-0.3, -0.25) is 4.79 Å². The highest BCUT2D eigenvalue weighted by Crippen LogP contribution is 2.39. The van der Waals surface area contributed by atoms with E-state index in [4.69, 9.17) is 0 Å². The van der Waals surface area contributed by atoms with Gasteiger partial charge in [-0.05, 0) is 32.1 Å². The maximum absolute atomic E-state index is 12.0. The van der Waals surface area contributed by atoms with Gasteiger partial charge in [0.05, 0.1) is 11.7 Å². The molecule has 5 heteroatoms. The Bertz CT molecular complexity index is 475. The topological polar surface area (TPSA) is 51.0 Å². The van der Waals surface area contributed by atoms with Gasteiger partial charge in [0.15, 0.2) is 0 Å². The first-order chi connectivity index (χ1) is 8.81. The van der Waals surface area contributed by atoms with E-state index in [1.165, 1.54) is 12.8 Å². The molecule has 1 aromatic rings. The Morgan fingerprint density at radius 2 is 2.06 bits per heavy atom. The number of likely N-dealkylation sites (tertiary alicyclic amines) is 1. The van der Waals surface area contributed by atoms with E-state index in [1.54, 1.807) is 0 Å². The standard InChI is InChI=1S/C13H18N4O/c18-13(10-3-4-10)16-6-5-11(7-16)17-8-12(14-15-17)9-1-2-9/h8-11H,1-7H2. The fourth-order valence-electron chi connectivity index (χ4n) is 2.78. The minimum absolute atomic E-state index is 0.335. The van der Waals surface area contributed by atoms with Crippen LogP contribution in [0.2, 0.25) is 0 Å². The zero-order valence-corrected chi connectivity index (χ0v) is 10.5. The second kappa shape index (κ2) is 3.80. The van der Waals surface area contributed by atoms with Crippen LogP contribution in [-0.2, 0) is 4.79 Å². The number of carbonyl (C=O) groups excluding carboxylic acids is 1. The average Bonchev–Trinajstić information content (AvgIpc) is 3.30. The summed E-state index contributed by atoms with van der Waals surface area (Å²) in [6, 6.07) is 0.340. The summed E-state index contributed by atoms with van der Waals surface area (Å²) in [5, 5.41) is 8.49. The lowest BCUT2D eigenvalue weighted by molar-refractivity contribution is -0.131. The minimum Gasteiger partial charge on any atom is -0.340 e. The third-order valence-electron chi connectivity index (χ3n) is 4.30. The van der Waals surface area contributed by atoms with Crippen molar-refractivity contribution in [2.45, 2.75) is 44.1 Å². The number of hydrogen-bond donors (Lipinski definition) is 0. The normalized spacial score (nSPS) is 27.8. The van der Waals surface area contributed by atoms with Crippen LogP contribution in [0.3, 0.4) is 0 Å². The number of hydrogen-bond acceptors (Lipinski definition) is 3. The summed E-state index contributed by atoms with van der Waals surface area (Å²) >= 11 is 0. The van der Waals surface area contributed by atoms with Crippen LogP contribution < -0.4 is 0 Å². The van der Waals surface area contributed by atoms with E-state index in [9.17, 15) is 4.79 Å². The Hall–Kier alpha value is -1.39. The molecule has 0 aromatic carbocycles. The van der Waals surface area contributed by atoms with Crippen LogP contribution in [0.15, 0.2) is 6.20 Å². The summed E-state index contributed by atoms with van der Waals surface area (Å²) in [7, 11) is 0. The van der Waals surface area contributed by atoms with E-state index in [0.29, 0.717) is 23.8 Å². The van der Waals surface area contributed by atoms with Crippen LogP contribution in [0.4, 0.5) is 0 Å². The van der Waals surface area contributed by atoms with E-state index in [1.807, 2.05) is 9.58 Å². The molecule has 4 rings (SSSR count). The summed E-state index contributed by atoms with van der Waals surface area (Å²) in [6.45, 7) is 1.71. The smallest absolute Gasteiger partial charge is 0.225 e. The summed E-state index contributed by atoms with van der Waals surface area (Å²) in [6.07, 6.45) is 7.81. The molecule has 2 aliphatic carbocycles. The van der Waals surface area contributed by atoms with Crippen molar-refractivity contribution in [2.75, 3.05) is 13.1 Å². The van der Waals surface area contributed by atoms with Crippen LogP contribution in [0, 0.1) is 5.92 Å². The quantitative estimate of drug-likeness (QED) is 0.808. The summed E-state index contributed by atoms with van der Waals surface area (Å²) in [4.78, 5) is 14.0. The van der Waals surface area contributed by atoms with Gasteiger partial charge in [0, 0.05) is 31.1 Å². The fourth-order valence-corrected chi connectivity index (χ4v) is 2.78. The molecule has 18 heavy (non-hydrogen) atoms. The first-order valence-corrected chi connectivity index (χ1v) is 7.02. The van der Waals surface area contributed by atoms with Crippen LogP contribution >= 0.6 is 0 Å². The number of carbonyl (C=O) groups is 1. The van der Waals surface area contributed by atoms with Gasteiger partial charge in [0.1, 0.15) is 0 Å². The number of aromatic nitrogens is 3. The van der Waals surface area contributed by atoms with E-state index < -0.39 is 0 Å². The van der Waals surface area contributed by atoms with Crippen molar-refractivity contribution in [3.8, 4) is 0 Å². The number of amides is 1. The van der Waals surface area contributed by atoms with E-state index in [2.05, 4.69) is 16.5 Å². The van der Waals surface area contributed by atoms with Gasteiger partial charge in [-0.2, -0.15) is 0 Å². The van der Waals surface area contributed by atoms with Crippen LogP contribution in [0.25, 0.3) is 0 Å². The van der Waals surface area contributed by atoms with Crippen LogP contribution in [0.5, 0.6) is 0 Å². The van der Waals surface area contributed by atoms with Crippen molar-refractivity contribution in [1.82, 2.24) is 19.9 Å². The molecule has 1 aromatic heterocycles. The van der Waals surface area contributed by atoms with Crippen molar-refractivity contribution in [3.63, 3.8) is 0 Å². The van der Waals surface area contributed by atoms with Crippen LogP contribution in [-0.4, -0.2) is 38.9 Å². The molecule has 3 fully saturated rings. The second-order valence-electron chi connectivity index (χ2n) is 5.90. The van der Waals surface area contributed by atoms with Gasteiger partial charge in [0.2, 0.25) is 5.91 Å². The monoisotopic (exact) mass is 246 g/mol. The highest BCUT2D eigenvalue weighted by atomic mass is 16.2. The summed E-state index contributed by atoms with van der Waals surface area (Å²) in [5.74, 6) is 1.35.